The Labute approximate surface area is 129 Å². The van der Waals surface area contributed by atoms with Gasteiger partial charge in [0.1, 0.15) is 0 Å². The summed E-state index contributed by atoms with van der Waals surface area (Å²) in [5.41, 5.74) is 0.810. The normalized spacial score (nSPS) is 22.0. The van der Waals surface area contributed by atoms with Gasteiger partial charge in [-0.15, -0.1) is 0 Å². The van der Waals surface area contributed by atoms with E-state index in [1.165, 1.54) is 0 Å². The highest BCUT2D eigenvalue weighted by Gasteiger charge is 2.25. The molecule has 0 bridgehead atoms. The first-order valence-electron chi connectivity index (χ1n) is 6.73. The predicted molar refractivity (Wildman–Crippen MR) is 79.0 cm³/mol. The molecule has 0 saturated carbocycles. The molecule has 0 radical (unpaired) electrons. The first kappa shape index (κ1) is 15.6. The first-order chi connectivity index (χ1) is 9.61. The Balaban J connectivity index is 2.06. The van der Waals surface area contributed by atoms with E-state index in [0.717, 1.165) is 31.4 Å². The van der Waals surface area contributed by atoms with E-state index >= 15 is 0 Å². The minimum Gasteiger partial charge on any atom is -0.353 e. The van der Waals surface area contributed by atoms with Crippen molar-refractivity contribution in [3.63, 3.8) is 0 Å². The van der Waals surface area contributed by atoms with Crippen molar-refractivity contribution in [1.82, 2.24) is 0 Å². The van der Waals surface area contributed by atoms with Crippen LogP contribution in [0.2, 0.25) is 10.0 Å². The number of benzene rings is 1. The summed E-state index contributed by atoms with van der Waals surface area (Å²) in [5.74, 6) is -0.393. The molecule has 3 nitrogen and oxygen atoms in total. The van der Waals surface area contributed by atoms with Crippen molar-refractivity contribution in [2.24, 2.45) is 0 Å². The fraction of sp³-hybridized carbons (Fsp3) is 0.533. The SMILES string of the molecule is CC(OC1CCCCO1)C(C#N)c1ccc(Cl)c(Cl)c1. The van der Waals surface area contributed by atoms with Crippen LogP contribution in [0.1, 0.15) is 37.7 Å². The summed E-state index contributed by atoms with van der Waals surface area (Å²) in [6.45, 7) is 2.61. The summed E-state index contributed by atoms with van der Waals surface area (Å²) in [5, 5.41) is 10.3. The molecule has 2 rings (SSSR count). The zero-order valence-corrected chi connectivity index (χ0v) is 12.8. The smallest absolute Gasteiger partial charge is 0.158 e. The third-order valence-corrected chi connectivity index (χ3v) is 4.15. The van der Waals surface area contributed by atoms with Crippen LogP contribution in [-0.2, 0) is 9.47 Å². The zero-order valence-electron chi connectivity index (χ0n) is 11.3. The van der Waals surface area contributed by atoms with Crippen molar-refractivity contribution in [2.75, 3.05) is 6.61 Å². The van der Waals surface area contributed by atoms with Crippen LogP contribution in [0.25, 0.3) is 0 Å². The standard InChI is InChI=1S/C15H17Cl2NO2/c1-10(20-15-4-2-3-7-19-15)12(9-18)11-5-6-13(16)14(17)8-11/h5-6,8,10,12,15H,2-4,7H2,1H3. The highest BCUT2D eigenvalue weighted by Crippen LogP contribution is 2.30. The van der Waals surface area contributed by atoms with Gasteiger partial charge in [-0.3, -0.25) is 0 Å². The molecule has 3 unspecified atom stereocenters. The number of rotatable bonds is 4. The molecule has 0 N–H and O–H groups in total. The molecule has 3 atom stereocenters. The molecule has 1 aliphatic rings. The topological polar surface area (TPSA) is 42.2 Å². The Morgan fingerprint density at radius 1 is 1.35 bits per heavy atom. The minimum absolute atomic E-state index is 0.211. The van der Waals surface area contributed by atoms with Crippen LogP contribution in [0, 0.1) is 11.3 Å². The van der Waals surface area contributed by atoms with Crippen molar-refractivity contribution in [3.8, 4) is 6.07 Å². The van der Waals surface area contributed by atoms with E-state index in [4.69, 9.17) is 32.7 Å². The van der Waals surface area contributed by atoms with Crippen molar-refractivity contribution in [2.45, 2.75) is 44.5 Å². The summed E-state index contributed by atoms with van der Waals surface area (Å²) < 4.78 is 11.4. The lowest BCUT2D eigenvalue weighted by molar-refractivity contribution is -0.186. The van der Waals surface area contributed by atoms with Gasteiger partial charge in [0.15, 0.2) is 6.29 Å². The number of ether oxygens (including phenoxy) is 2. The van der Waals surface area contributed by atoms with E-state index in [1.807, 2.05) is 13.0 Å². The summed E-state index contributed by atoms with van der Waals surface area (Å²) in [7, 11) is 0. The van der Waals surface area contributed by atoms with Gasteiger partial charge in [0.2, 0.25) is 0 Å². The highest BCUT2D eigenvalue weighted by molar-refractivity contribution is 6.42. The Kier molecular flexibility index (Phi) is 5.68. The molecule has 1 heterocycles. The number of halogens is 2. The van der Waals surface area contributed by atoms with Crippen molar-refractivity contribution in [3.05, 3.63) is 33.8 Å². The molecule has 0 amide bonds. The Hall–Kier alpha value is -0.790. The zero-order chi connectivity index (χ0) is 14.5. The van der Waals surface area contributed by atoms with Gasteiger partial charge in [0.25, 0.3) is 0 Å². The molecule has 0 aromatic heterocycles. The molecule has 0 spiro atoms. The third kappa shape index (κ3) is 3.86. The van der Waals surface area contributed by atoms with Crippen LogP contribution >= 0.6 is 23.2 Å². The van der Waals surface area contributed by atoms with Crippen LogP contribution in [0.3, 0.4) is 0 Å². The molecular formula is C15H17Cl2NO2. The van der Waals surface area contributed by atoms with Crippen molar-refractivity contribution >= 4 is 23.2 Å². The largest absolute Gasteiger partial charge is 0.353 e. The van der Waals surface area contributed by atoms with Gasteiger partial charge in [0, 0.05) is 6.61 Å². The lowest BCUT2D eigenvalue weighted by atomic mass is 9.95. The van der Waals surface area contributed by atoms with E-state index < -0.39 is 5.92 Å². The molecule has 5 heteroatoms. The van der Waals surface area contributed by atoms with E-state index in [1.54, 1.807) is 12.1 Å². The maximum absolute atomic E-state index is 9.39. The van der Waals surface area contributed by atoms with Crippen LogP contribution in [0.5, 0.6) is 0 Å². The summed E-state index contributed by atoms with van der Waals surface area (Å²) >= 11 is 11.9. The maximum atomic E-state index is 9.39. The Morgan fingerprint density at radius 2 is 2.15 bits per heavy atom. The van der Waals surface area contributed by atoms with Crippen molar-refractivity contribution in [1.29, 1.82) is 5.26 Å². The summed E-state index contributed by atoms with van der Waals surface area (Å²) in [6.07, 6.45) is 2.58. The second-order valence-corrected chi connectivity index (χ2v) is 5.73. The molecule has 1 aromatic rings. The minimum atomic E-state index is -0.393. The predicted octanol–water partition coefficient (Wildman–Crippen LogP) is 4.53. The molecular weight excluding hydrogens is 297 g/mol. The molecule has 1 fully saturated rings. The maximum Gasteiger partial charge on any atom is 0.158 e. The number of hydrogen-bond acceptors (Lipinski definition) is 3. The van der Waals surface area contributed by atoms with E-state index in [2.05, 4.69) is 6.07 Å². The molecule has 1 saturated heterocycles. The van der Waals surface area contributed by atoms with Gasteiger partial charge in [-0.1, -0.05) is 29.3 Å². The third-order valence-electron chi connectivity index (χ3n) is 3.42. The molecule has 0 aliphatic carbocycles. The number of nitrogens with zero attached hydrogens (tertiary/aromatic N) is 1. The van der Waals surface area contributed by atoms with Crippen LogP contribution < -0.4 is 0 Å². The molecule has 20 heavy (non-hydrogen) atoms. The number of hydrogen-bond donors (Lipinski definition) is 0. The monoisotopic (exact) mass is 313 g/mol. The van der Waals surface area contributed by atoms with E-state index in [0.29, 0.717) is 10.0 Å². The van der Waals surface area contributed by atoms with Crippen LogP contribution in [0.15, 0.2) is 18.2 Å². The Bertz CT molecular complexity index is 495. The average molecular weight is 314 g/mol. The fourth-order valence-corrected chi connectivity index (χ4v) is 2.60. The van der Waals surface area contributed by atoms with E-state index in [-0.39, 0.29) is 12.4 Å². The lowest BCUT2D eigenvalue weighted by Crippen LogP contribution is -2.29. The molecule has 1 aromatic carbocycles. The highest BCUT2D eigenvalue weighted by atomic mass is 35.5. The van der Waals surface area contributed by atoms with Gasteiger partial charge in [0.05, 0.1) is 28.1 Å². The molecule has 1 aliphatic heterocycles. The van der Waals surface area contributed by atoms with Gasteiger partial charge < -0.3 is 9.47 Å². The van der Waals surface area contributed by atoms with Gasteiger partial charge >= 0.3 is 0 Å². The van der Waals surface area contributed by atoms with Crippen molar-refractivity contribution < 1.29 is 9.47 Å². The van der Waals surface area contributed by atoms with Crippen LogP contribution in [-0.4, -0.2) is 19.0 Å². The fourth-order valence-electron chi connectivity index (χ4n) is 2.29. The average Bonchev–Trinajstić information content (AvgIpc) is 2.44. The summed E-state index contributed by atoms with van der Waals surface area (Å²) in [4.78, 5) is 0. The second-order valence-electron chi connectivity index (χ2n) is 4.92. The summed E-state index contributed by atoms with van der Waals surface area (Å²) in [6, 6.07) is 7.50. The quantitative estimate of drug-likeness (QED) is 0.820. The number of nitriles is 1. The molecule has 108 valence electrons. The van der Waals surface area contributed by atoms with Gasteiger partial charge in [-0.25, -0.2) is 0 Å². The van der Waals surface area contributed by atoms with Gasteiger partial charge in [-0.05, 0) is 43.9 Å². The van der Waals surface area contributed by atoms with Gasteiger partial charge in [-0.2, -0.15) is 5.26 Å². The Morgan fingerprint density at radius 3 is 2.75 bits per heavy atom. The first-order valence-corrected chi connectivity index (χ1v) is 7.49. The van der Waals surface area contributed by atoms with Crippen LogP contribution in [0.4, 0.5) is 0 Å². The lowest BCUT2D eigenvalue weighted by Gasteiger charge is -2.28. The van der Waals surface area contributed by atoms with E-state index in [9.17, 15) is 5.26 Å². The second kappa shape index (κ2) is 7.28.